The molecule has 0 radical (unpaired) electrons. The first-order valence-electron chi connectivity index (χ1n) is 6.71. The van der Waals surface area contributed by atoms with Gasteiger partial charge in [-0.05, 0) is 31.0 Å². The molecular formula is C15H23NO2. The second-order valence-corrected chi connectivity index (χ2v) is 4.47. The molecule has 0 saturated carbocycles. The Labute approximate surface area is 109 Å². The molecule has 100 valence electrons. The first-order valence-corrected chi connectivity index (χ1v) is 6.71. The molecule has 3 heteroatoms. The van der Waals surface area contributed by atoms with Gasteiger partial charge in [-0.2, -0.15) is 0 Å². The summed E-state index contributed by atoms with van der Waals surface area (Å²) in [5, 5.41) is 0. The van der Waals surface area contributed by atoms with Gasteiger partial charge in [-0.3, -0.25) is 4.79 Å². The van der Waals surface area contributed by atoms with E-state index in [0.717, 1.165) is 36.9 Å². The van der Waals surface area contributed by atoms with Crippen LogP contribution in [0.3, 0.4) is 0 Å². The summed E-state index contributed by atoms with van der Waals surface area (Å²) < 4.78 is 5.15. The van der Waals surface area contributed by atoms with Gasteiger partial charge in [-0.1, -0.05) is 38.3 Å². The van der Waals surface area contributed by atoms with Crippen molar-refractivity contribution in [1.82, 2.24) is 0 Å². The van der Waals surface area contributed by atoms with E-state index in [1.165, 1.54) is 0 Å². The molecule has 0 bridgehead atoms. The maximum atomic E-state index is 12.0. The summed E-state index contributed by atoms with van der Waals surface area (Å²) in [5.41, 5.74) is 7.38. The van der Waals surface area contributed by atoms with Crippen molar-refractivity contribution in [2.45, 2.75) is 45.4 Å². The van der Waals surface area contributed by atoms with Gasteiger partial charge in [0, 0.05) is 5.69 Å². The van der Waals surface area contributed by atoms with E-state index in [1.54, 1.807) is 0 Å². The van der Waals surface area contributed by atoms with E-state index in [4.69, 9.17) is 10.5 Å². The highest BCUT2D eigenvalue weighted by Gasteiger charge is 2.21. The molecule has 1 atom stereocenters. The molecule has 18 heavy (non-hydrogen) atoms. The summed E-state index contributed by atoms with van der Waals surface area (Å²) in [6, 6.07) is 7.51. The highest BCUT2D eigenvalue weighted by Crippen LogP contribution is 2.25. The first-order chi connectivity index (χ1) is 8.69. The van der Waals surface area contributed by atoms with Crippen molar-refractivity contribution in [3.8, 4) is 0 Å². The molecular weight excluding hydrogens is 226 g/mol. The molecule has 1 aromatic carbocycles. The molecule has 3 nitrogen and oxygen atoms in total. The van der Waals surface area contributed by atoms with Gasteiger partial charge in [0.1, 0.15) is 0 Å². The summed E-state index contributed by atoms with van der Waals surface area (Å²) in [7, 11) is 0. The highest BCUT2D eigenvalue weighted by atomic mass is 16.5. The van der Waals surface area contributed by atoms with Crippen LogP contribution in [-0.2, 0) is 9.53 Å². The molecule has 0 fully saturated rings. The summed E-state index contributed by atoms with van der Waals surface area (Å²) in [4.78, 5) is 12.0. The molecule has 0 amide bonds. The van der Waals surface area contributed by atoms with Crippen LogP contribution in [0.2, 0.25) is 0 Å². The maximum Gasteiger partial charge on any atom is 0.313 e. The molecule has 0 heterocycles. The Kier molecular flexibility index (Phi) is 6.26. The molecule has 0 saturated heterocycles. The predicted octanol–water partition coefficient (Wildman–Crippen LogP) is 3.50. The smallest absolute Gasteiger partial charge is 0.313 e. The summed E-state index contributed by atoms with van der Waals surface area (Å²) in [5.74, 6) is -0.282. The van der Waals surface area contributed by atoms with Gasteiger partial charge >= 0.3 is 5.97 Å². The second-order valence-electron chi connectivity index (χ2n) is 4.47. The topological polar surface area (TPSA) is 52.3 Å². The average Bonchev–Trinajstić information content (AvgIpc) is 2.36. The van der Waals surface area contributed by atoms with Crippen LogP contribution in [-0.4, -0.2) is 12.6 Å². The fourth-order valence-corrected chi connectivity index (χ4v) is 1.99. The number of ether oxygens (including phenoxy) is 1. The van der Waals surface area contributed by atoms with E-state index in [-0.39, 0.29) is 11.9 Å². The molecule has 0 aromatic heterocycles. The Balaban J connectivity index is 2.75. The number of rotatable bonds is 7. The molecule has 0 spiro atoms. The molecule has 0 aliphatic carbocycles. The fourth-order valence-electron chi connectivity index (χ4n) is 1.99. The molecule has 1 rings (SSSR count). The number of unbranched alkanes of at least 4 members (excludes halogenated alkanes) is 2. The third-order valence-electron chi connectivity index (χ3n) is 3.01. The van der Waals surface area contributed by atoms with Crippen molar-refractivity contribution in [3.05, 3.63) is 29.8 Å². The van der Waals surface area contributed by atoms with Crippen LogP contribution >= 0.6 is 0 Å². The fraction of sp³-hybridized carbons (Fsp3) is 0.533. The summed E-state index contributed by atoms with van der Waals surface area (Å²) >= 11 is 0. The van der Waals surface area contributed by atoms with Gasteiger partial charge in [0.15, 0.2) is 0 Å². The van der Waals surface area contributed by atoms with Gasteiger partial charge < -0.3 is 10.5 Å². The molecule has 0 aliphatic rings. The monoisotopic (exact) mass is 249 g/mol. The van der Waals surface area contributed by atoms with E-state index in [9.17, 15) is 4.79 Å². The molecule has 2 N–H and O–H groups in total. The van der Waals surface area contributed by atoms with Gasteiger partial charge in [0.2, 0.25) is 0 Å². The lowest BCUT2D eigenvalue weighted by Crippen LogP contribution is -2.16. The summed E-state index contributed by atoms with van der Waals surface area (Å²) in [6.45, 7) is 4.42. The minimum absolute atomic E-state index is 0.127. The number of hydrogen-bond acceptors (Lipinski definition) is 3. The van der Waals surface area contributed by atoms with Crippen molar-refractivity contribution in [1.29, 1.82) is 0 Å². The van der Waals surface area contributed by atoms with Crippen LogP contribution in [0.1, 0.15) is 51.0 Å². The number of nitrogens with two attached hydrogens (primary N) is 1. The number of carbonyl (C=O) groups excluding carboxylic acids is 1. The Bertz CT molecular complexity index is 359. The number of hydrogen-bond donors (Lipinski definition) is 1. The van der Waals surface area contributed by atoms with E-state index >= 15 is 0 Å². The van der Waals surface area contributed by atoms with Gasteiger partial charge in [-0.15, -0.1) is 0 Å². The van der Waals surface area contributed by atoms with Crippen molar-refractivity contribution in [2.24, 2.45) is 0 Å². The maximum absolute atomic E-state index is 12.0. The Morgan fingerprint density at radius 2 is 1.89 bits per heavy atom. The van der Waals surface area contributed by atoms with Crippen LogP contribution in [0.15, 0.2) is 24.3 Å². The molecule has 0 unspecified atom stereocenters. The zero-order chi connectivity index (χ0) is 13.4. The lowest BCUT2D eigenvalue weighted by molar-refractivity contribution is -0.145. The van der Waals surface area contributed by atoms with E-state index in [1.807, 2.05) is 31.2 Å². The first kappa shape index (κ1) is 14.6. The van der Waals surface area contributed by atoms with Crippen molar-refractivity contribution >= 4 is 11.7 Å². The third kappa shape index (κ3) is 4.40. The van der Waals surface area contributed by atoms with Crippen LogP contribution in [0.25, 0.3) is 0 Å². The number of nitrogen functional groups attached to an aromatic ring is 1. The number of benzene rings is 1. The highest BCUT2D eigenvalue weighted by molar-refractivity contribution is 5.78. The van der Waals surface area contributed by atoms with Crippen molar-refractivity contribution in [3.63, 3.8) is 0 Å². The zero-order valence-electron chi connectivity index (χ0n) is 11.3. The average molecular weight is 249 g/mol. The Hall–Kier alpha value is -1.51. The molecule has 0 aliphatic heterocycles. The van der Waals surface area contributed by atoms with Crippen LogP contribution in [0.4, 0.5) is 5.69 Å². The zero-order valence-corrected chi connectivity index (χ0v) is 11.3. The second kappa shape index (κ2) is 7.75. The number of anilines is 1. The predicted molar refractivity (Wildman–Crippen MR) is 74.4 cm³/mol. The largest absolute Gasteiger partial charge is 0.466 e. The van der Waals surface area contributed by atoms with Crippen molar-refractivity contribution < 1.29 is 9.53 Å². The minimum Gasteiger partial charge on any atom is -0.466 e. The van der Waals surface area contributed by atoms with Crippen LogP contribution < -0.4 is 5.73 Å². The van der Waals surface area contributed by atoms with Crippen LogP contribution in [0.5, 0.6) is 0 Å². The lowest BCUT2D eigenvalue weighted by Gasteiger charge is -2.16. The van der Waals surface area contributed by atoms with Gasteiger partial charge in [0.25, 0.3) is 0 Å². The third-order valence-corrected chi connectivity index (χ3v) is 3.01. The quantitative estimate of drug-likeness (QED) is 0.457. The standard InChI is InChI=1S/C15H23NO2/c1-3-5-6-7-14(15(17)18-4-2)12-8-10-13(16)11-9-12/h8-11,14H,3-7,16H2,1-2H3/t14-/m1/s1. The van der Waals surface area contributed by atoms with Crippen molar-refractivity contribution in [2.75, 3.05) is 12.3 Å². The Morgan fingerprint density at radius 1 is 1.22 bits per heavy atom. The lowest BCUT2D eigenvalue weighted by atomic mass is 9.93. The summed E-state index contributed by atoms with van der Waals surface area (Å²) in [6.07, 6.45) is 4.18. The minimum atomic E-state index is -0.155. The van der Waals surface area contributed by atoms with Gasteiger partial charge in [0.05, 0.1) is 12.5 Å². The number of carbonyl (C=O) groups is 1. The SMILES string of the molecule is CCCCC[C@@H](C(=O)OCC)c1ccc(N)cc1. The van der Waals surface area contributed by atoms with E-state index in [2.05, 4.69) is 6.92 Å². The van der Waals surface area contributed by atoms with Gasteiger partial charge in [-0.25, -0.2) is 0 Å². The Morgan fingerprint density at radius 3 is 2.44 bits per heavy atom. The molecule has 1 aromatic rings. The van der Waals surface area contributed by atoms with Crippen LogP contribution in [0, 0.1) is 0 Å². The van der Waals surface area contributed by atoms with E-state index < -0.39 is 0 Å². The normalized spacial score (nSPS) is 12.1. The van der Waals surface area contributed by atoms with E-state index in [0.29, 0.717) is 6.61 Å². The number of esters is 1.